The summed E-state index contributed by atoms with van der Waals surface area (Å²) in [6.07, 6.45) is -0.675. The number of halogens is 3. The second-order valence-electron chi connectivity index (χ2n) is 8.43. The molecule has 1 aliphatic rings. The van der Waals surface area contributed by atoms with Crippen LogP contribution in [0.25, 0.3) is 11.1 Å². The molecule has 0 saturated heterocycles. The van der Waals surface area contributed by atoms with Crippen LogP contribution < -0.4 is 15.6 Å². The van der Waals surface area contributed by atoms with Crippen molar-refractivity contribution in [1.82, 2.24) is 10.3 Å². The number of hydrogen-bond acceptors (Lipinski definition) is 3. The third kappa shape index (κ3) is 4.85. The van der Waals surface area contributed by atoms with Gasteiger partial charge < -0.3 is 15.0 Å². The number of hydrogen-bond donors (Lipinski definition) is 2. The van der Waals surface area contributed by atoms with E-state index in [4.69, 9.17) is 4.74 Å². The molecule has 2 aromatic carbocycles. The van der Waals surface area contributed by atoms with Crippen LogP contribution in [0.5, 0.6) is 5.75 Å². The Bertz CT molecular complexity index is 1280. The highest BCUT2D eigenvalue weighted by atomic mass is 19.4. The summed E-state index contributed by atoms with van der Waals surface area (Å²) in [7, 11) is 1.31. The van der Waals surface area contributed by atoms with E-state index in [1.54, 1.807) is 24.3 Å². The Hall–Kier alpha value is -3.55. The van der Waals surface area contributed by atoms with Crippen LogP contribution in [0.1, 0.15) is 51.1 Å². The number of carbonyl (C=O) groups is 1. The van der Waals surface area contributed by atoms with Crippen LogP contribution in [0.3, 0.4) is 0 Å². The minimum atomic E-state index is -4.50. The molecule has 178 valence electrons. The summed E-state index contributed by atoms with van der Waals surface area (Å²) in [5.74, 6) is -0.268. The molecule has 8 heteroatoms. The lowest BCUT2D eigenvalue weighted by atomic mass is 9.88. The van der Waals surface area contributed by atoms with E-state index < -0.39 is 11.7 Å². The molecular weight excluding hydrogens is 445 g/mol. The zero-order valence-electron chi connectivity index (χ0n) is 18.9. The Kier molecular flexibility index (Phi) is 6.50. The van der Waals surface area contributed by atoms with Crippen molar-refractivity contribution in [3.05, 3.63) is 86.3 Å². The smallest absolute Gasteiger partial charge is 0.416 e. The van der Waals surface area contributed by atoms with Crippen molar-refractivity contribution < 1.29 is 22.7 Å². The first-order valence-electron chi connectivity index (χ1n) is 11.1. The van der Waals surface area contributed by atoms with Crippen molar-refractivity contribution in [3.8, 4) is 16.9 Å². The molecule has 0 radical (unpaired) electrons. The van der Waals surface area contributed by atoms with Gasteiger partial charge in [-0.1, -0.05) is 12.1 Å². The number of alkyl halides is 3. The molecule has 4 rings (SSSR count). The second-order valence-corrected chi connectivity index (χ2v) is 8.43. The minimum absolute atomic E-state index is 0.0956. The van der Waals surface area contributed by atoms with Gasteiger partial charge in [0.15, 0.2) is 0 Å². The maximum Gasteiger partial charge on any atom is 0.416 e. The molecule has 0 atom stereocenters. The number of H-pyrrole nitrogens is 1. The standard InChI is InChI=1S/C26H25F3N2O3/c1-15-21-5-3-4-6-22(21)23(25(33)31-15)14-30-24(32)17-9-7-16(8-10-17)18-11-19(26(27,28)29)13-20(12-18)34-2/h7-13H,3-6,14H2,1-2H3,(H,30,32)(H,31,33). The lowest BCUT2D eigenvalue weighted by Gasteiger charge is -2.21. The number of ether oxygens (including phenoxy) is 1. The van der Waals surface area contributed by atoms with E-state index in [1.807, 2.05) is 6.92 Å². The first-order chi connectivity index (χ1) is 16.2. The van der Waals surface area contributed by atoms with Gasteiger partial charge in [0.25, 0.3) is 11.5 Å². The van der Waals surface area contributed by atoms with Gasteiger partial charge in [-0.05, 0) is 85.2 Å². The first-order valence-corrected chi connectivity index (χ1v) is 11.1. The van der Waals surface area contributed by atoms with Crippen molar-refractivity contribution in [3.63, 3.8) is 0 Å². The molecule has 1 amide bonds. The Morgan fingerprint density at radius 3 is 2.35 bits per heavy atom. The molecule has 0 saturated carbocycles. The number of amides is 1. The number of rotatable bonds is 5. The fourth-order valence-electron chi connectivity index (χ4n) is 4.43. The molecular formula is C26H25F3N2O3. The van der Waals surface area contributed by atoms with E-state index in [2.05, 4.69) is 10.3 Å². The fourth-order valence-corrected chi connectivity index (χ4v) is 4.43. The van der Waals surface area contributed by atoms with Crippen molar-refractivity contribution in [2.45, 2.75) is 45.3 Å². The molecule has 0 spiro atoms. The van der Waals surface area contributed by atoms with Crippen LogP contribution in [0, 0.1) is 6.92 Å². The highest BCUT2D eigenvalue weighted by molar-refractivity contribution is 5.94. The topological polar surface area (TPSA) is 71.2 Å². The Labute approximate surface area is 195 Å². The average molecular weight is 470 g/mol. The van der Waals surface area contributed by atoms with Crippen LogP contribution >= 0.6 is 0 Å². The predicted octanol–water partition coefficient (Wildman–Crippen LogP) is 5.19. The summed E-state index contributed by atoms with van der Waals surface area (Å²) in [6, 6.07) is 9.77. The predicted molar refractivity (Wildman–Crippen MR) is 123 cm³/mol. The molecule has 1 heterocycles. The molecule has 0 bridgehead atoms. The molecule has 0 unspecified atom stereocenters. The van der Waals surface area contributed by atoms with Gasteiger partial charge in [0.2, 0.25) is 0 Å². The molecule has 0 aliphatic heterocycles. The van der Waals surface area contributed by atoms with E-state index >= 15 is 0 Å². The second kappa shape index (κ2) is 9.37. The van der Waals surface area contributed by atoms with Crippen LogP contribution in [0.15, 0.2) is 47.3 Å². The number of methoxy groups -OCH3 is 1. The van der Waals surface area contributed by atoms with Crippen LogP contribution in [0.4, 0.5) is 13.2 Å². The number of carbonyl (C=O) groups excluding carboxylic acids is 1. The number of aryl methyl sites for hydroxylation is 1. The maximum absolute atomic E-state index is 13.2. The monoisotopic (exact) mass is 470 g/mol. The summed E-state index contributed by atoms with van der Waals surface area (Å²) in [5.41, 5.74) is 3.86. The lowest BCUT2D eigenvalue weighted by Crippen LogP contribution is -2.30. The normalized spacial score (nSPS) is 13.3. The van der Waals surface area contributed by atoms with E-state index in [0.29, 0.717) is 22.3 Å². The summed E-state index contributed by atoms with van der Waals surface area (Å²) >= 11 is 0. The first kappa shape index (κ1) is 23.6. The molecule has 2 N–H and O–H groups in total. The fraction of sp³-hybridized carbons (Fsp3) is 0.308. The number of pyridine rings is 1. The van der Waals surface area contributed by atoms with Gasteiger partial charge in [0.1, 0.15) is 5.75 Å². The largest absolute Gasteiger partial charge is 0.497 e. The number of benzene rings is 2. The van der Waals surface area contributed by atoms with Gasteiger partial charge in [-0.3, -0.25) is 9.59 Å². The highest BCUT2D eigenvalue weighted by Gasteiger charge is 2.31. The van der Waals surface area contributed by atoms with Crippen molar-refractivity contribution in [1.29, 1.82) is 0 Å². The van der Waals surface area contributed by atoms with E-state index in [-0.39, 0.29) is 23.8 Å². The van der Waals surface area contributed by atoms with Crippen molar-refractivity contribution in [2.75, 3.05) is 7.11 Å². The van der Waals surface area contributed by atoms with Gasteiger partial charge in [-0.15, -0.1) is 0 Å². The van der Waals surface area contributed by atoms with Gasteiger partial charge in [0, 0.05) is 23.4 Å². The Balaban J connectivity index is 1.53. The number of aromatic amines is 1. The van der Waals surface area contributed by atoms with Crippen LogP contribution in [0.2, 0.25) is 0 Å². The summed E-state index contributed by atoms with van der Waals surface area (Å²) < 4.78 is 44.7. The van der Waals surface area contributed by atoms with Crippen molar-refractivity contribution >= 4 is 5.91 Å². The Morgan fingerprint density at radius 2 is 1.71 bits per heavy atom. The van der Waals surface area contributed by atoms with Crippen LogP contribution in [-0.4, -0.2) is 18.0 Å². The molecule has 5 nitrogen and oxygen atoms in total. The third-order valence-electron chi connectivity index (χ3n) is 6.24. The molecule has 3 aromatic rings. The van der Waals surface area contributed by atoms with Gasteiger partial charge in [-0.2, -0.15) is 13.2 Å². The lowest BCUT2D eigenvalue weighted by molar-refractivity contribution is -0.137. The zero-order valence-corrected chi connectivity index (χ0v) is 18.9. The van der Waals surface area contributed by atoms with Gasteiger partial charge >= 0.3 is 6.18 Å². The van der Waals surface area contributed by atoms with E-state index in [9.17, 15) is 22.8 Å². The minimum Gasteiger partial charge on any atom is -0.497 e. The number of nitrogens with one attached hydrogen (secondary N) is 2. The molecule has 1 aromatic heterocycles. The van der Waals surface area contributed by atoms with Crippen LogP contribution in [-0.2, 0) is 25.6 Å². The average Bonchev–Trinajstić information content (AvgIpc) is 2.83. The quantitative estimate of drug-likeness (QED) is 0.539. The Morgan fingerprint density at radius 1 is 1.03 bits per heavy atom. The third-order valence-corrected chi connectivity index (χ3v) is 6.24. The molecule has 0 fully saturated rings. The zero-order chi connectivity index (χ0) is 24.5. The maximum atomic E-state index is 13.2. The summed E-state index contributed by atoms with van der Waals surface area (Å²) in [5, 5.41) is 2.80. The highest BCUT2D eigenvalue weighted by Crippen LogP contribution is 2.35. The van der Waals surface area contributed by atoms with Crippen molar-refractivity contribution in [2.24, 2.45) is 0 Å². The van der Waals surface area contributed by atoms with E-state index in [1.165, 1.54) is 13.2 Å². The molecule has 1 aliphatic carbocycles. The summed E-state index contributed by atoms with van der Waals surface area (Å²) in [6.45, 7) is 2.01. The SMILES string of the molecule is COc1cc(-c2ccc(C(=O)NCc3c4c(c(C)[nH]c3=O)CCCC4)cc2)cc(C(F)(F)F)c1. The number of aromatic nitrogens is 1. The van der Waals surface area contributed by atoms with Gasteiger partial charge in [0.05, 0.1) is 12.7 Å². The van der Waals surface area contributed by atoms with E-state index in [0.717, 1.165) is 54.6 Å². The number of fused-ring (bicyclic) bond motifs is 1. The van der Waals surface area contributed by atoms with Gasteiger partial charge in [-0.25, -0.2) is 0 Å². The summed E-state index contributed by atoms with van der Waals surface area (Å²) in [4.78, 5) is 28.1. The molecule has 34 heavy (non-hydrogen) atoms.